The summed E-state index contributed by atoms with van der Waals surface area (Å²) in [5.74, 6) is -2.05. The number of hydrogen-bond acceptors (Lipinski definition) is 9. The maximum atomic E-state index is 13.7. The molecule has 9 nitrogen and oxygen atoms in total. The van der Waals surface area contributed by atoms with E-state index in [4.69, 9.17) is 9.78 Å². The van der Waals surface area contributed by atoms with Crippen molar-refractivity contribution in [3.8, 4) is 0 Å². The molecule has 0 bridgehead atoms. The summed E-state index contributed by atoms with van der Waals surface area (Å²) in [5.41, 5.74) is 0.592. The molecule has 3 heterocycles. The van der Waals surface area contributed by atoms with Gasteiger partial charge in [0.2, 0.25) is 0 Å². The standard InChI is InChI=1S/C26H28N4O5S/c1-6-30-23(31)20(28-18-15-36-22-17(18)13-10-14-27-22)19(24(32)34-35-25(33)26(2,3)4)21(29(30)5)16-11-8-7-9-12-16/h7-15,21,28H,6H2,1-5H3. The van der Waals surface area contributed by atoms with Crippen LogP contribution in [0.4, 0.5) is 5.69 Å². The van der Waals surface area contributed by atoms with Crippen LogP contribution in [0.3, 0.4) is 0 Å². The zero-order chi connectivity index (χ0) is 26.0. The third kappa shape index (κ3) is 4.82. The van der Waals surface area contributed by atoms with E-state index in [1.54, 1.807) is 50.1 Å². The van der Waals surface area contributed by atoms with E-state index in [0.29, 0.717) is 12.2 Å². The molecule has 1 N–H and O–H groups in total. The molecular weight excluding hydrogens is 480 g/mol. The summed E-state index contributed by atoms with van der Waals surface area (Å²) in [6, 6.07) is 12.3. The number of aromatic nitrogens is 1. The molecular formula is C26H28N4O5S. The molecule has 1 aliphatic rings. The molecule has 0 spiro atoms. The van der Waals surface area contributed by atoms with Gasteiger partial charge in [0.25, 0.3) is 5.91 Å². The van der Waals surface area contributed by atoms with E-state index in [1.807, 2.05) is 48.7 Å². The van der Waals surface area contributed by atoms with Crippen LogP contribution in [0.2, 0.25) is 0 Å². The number of nitrogens with one attached hydrogen (secondary N) is 1. The molecule has 0 fully saturated rings. The molecule has 0 radical (unpaired) electrons. The first-order chi connectivity index (χ1) is 17.1. The average Bonchev–Trinajstić information content (AvgIpc) is 3.26. The third-order valence-corrected chi connectivity index (χ3v) is 6.70. The molecule has 188 valence electrons. The van der Waals surface area contributed by atoms with Crippen molar-refractivity contribution < 1.29 is 24.2 Å². The summed E-state index contributed by atoms with van der Waals surface area (Å²) in [6.07, 6.45) is 1.69. The summed E-state index contributed by atoms with van der Waals surface area (Å²) < 4.78 is 0. The Morgan fingerprint density at radius 2 is 1.83 bits per heavy atom. The molecule has 2 aromatic heterocycles. The van der Waals surface area contributed by atoms with E-state index in [1.165, 1.54) is 11.3 Å². The van der Waals surface area contributed by atoms with Crippen LogP contribution in [-0.4, -0.2) is 46.4 Å². The zero-order valence-electron chi connectivity index (χ0n) is 20.8. The van der Waals surface area contributed by atoms with Crippen LogP contribution in [0.1, 0.15) is 39.3 Å². The molecule has 4 rings (SSSR count). The second-order valence-electron chi connectivity index (χ2n) is 9.32. The number of likely N-dealkylation sites (N-methyl/N-ethyl adjacent to an activating group) is 2. The predicted molar refractivity (Wildman–Crippen MR) is 136 cm³/mol. The lowest BCUT2D eigenvalue weighted by Gasteiger charge is -2.42. The molecule has 1 aliphatic heterocycles. The fourth-order valence-electron chi connectivity index (χ4n) is 3.91. The first kappa shape index (κ1) is 25.3. The number of carbonyl (C=O) groups excluding carboxylic acids is 3. The minimum Gasteiger partial charge on any atom is -0.349 e. The van der Waals surface area contributed by atoms with Gasteiger partial charge in [-0.15, -0.1) is 11.3 Å². The van der Waals surface area contributed by atoms with Gasteiger partial charge in [-0.1, -0.05) is 30.3 Å². The Bertz CT molecular complexity index is 1330. The number of nitrogens with zero attached hydrogens (tertiary/aromatic N) is 3. The third-order valence-electron chi connectivity index (χ3n) is 5.80. The number of hydrazine groups is 1. The van der Waals surface area contributed by atoms with Crippen LogP contribution < -0.4 is 5.32 Å². The van der Waals surface area contributed by atoms with Crippen molar-refractivity contribution >= 4 is 45.1 Å². The highest BCUT2D eigenvalue weighted by atomic mass is 32.1. The van der Waals surface area contributed by atoms with Crippen LogP contribution in [0.25, 0.3) is 10.2 Å². The van der Waals surface area contributed by atoms with Gasteiger partial charge in [0.05, 0.1) is 22.7 Å². The molecule has 1 atom stereocenters. The van der Waals surface area contributed by atoms with Crippen LogP contribution in [0.5, 0.6) is 0 Å². The van der Waals surface area contributed by atoms with Crippen LogP contribution >= 0.6 is 11.3 Å². The van der Waals surface area contributed by atoms with Crippen molar-refractivity contribution in [3.63, 3.8) is 0 Å². The average molecular weight is 509 g/mol. The second-order valence-corrected chi connectivity index (χ2v) is 10.2. The molecule has 1 amide bonds. The van der Waals surface area contributed by atoms with Crippen molar-refractivity contribution in [1.29, 1.82) is 0 Å². The Balaban J connectivity index is 1.85. The fourth-order valence-corrected chi connectivity index (χ4v) is 4.76. The quantitative estimate of drug-likeness (QED) is 0.398. The van der Waals surface area contributed by atoms with Crippen molar-refractivity contribution in [2.45, 2.75) is 33.7 Å². The van der Waals surface area contributed by atoms with Gasteiger partial charge in [-0.3, -0.25) is 9.80 Å². The zero-order valence-corrected chi connectivity index (χ0v) is 21.6. The Morgan fingerprint density at radius 1 is 1.11 bits per heavy atom. The maximum absolute atomic E-state index is 13.7. The smallest absolute Gasteiger partial charge is 0.349 e. The maximum Gasteiger partial charge on any atom is 0.386 e. The van der Waals surface area contributed by atoms with Gasteiger partial charge in [-0.2, -0.15) is 0 Å². The van der Waals surface area contributed by atoms with Crippen LogP contribution in [-0.2, 0) is 24.2 Å². The number of fused-ring (bicyclic) bond motifs is 1. The van der Waals surface area contributed by atoms with Gasteiger partial charge in [0.15, 0.2) is 0 Å². The van der Waals surface area contributed by atoms with E-state index < -0.39 is 29.3 Å². The van der Waals surface area contributed by atoms with E-state index in [2.05, 4.69) is 10.3 Å². The highest BCUT2D eigenvalue weighted by Crippen LogP contribution is 2.38. The number of amides is 1. The fraction of sp³-hybridized carbons (Fsp3) is 0.308. The lowest BCUT2D eigenvalue weighted by Crippen LogP contribution is -2.53. The van der Waals surface area contributed by atoms with Crippen molar-refractivity contribution in [2.75, 3.05) is 18.9 Å². The van der Waals surface area contributed by atoms with Gasteiger partial charge in [0, 0.05) is 30.6 Å². The van der Waals surface area contributed by atoms with E-state index in [9.17, 15) is 14.4 Å². The van der Waals surface area contributed by atoms with Gasteiger partial charge < -0.3 is 5.32 Å². The second kappa shape index (κ2) is 10.1. The monoisotopic (exact) mass is 508 g/mol. The van der Waals surface area contributed by atoms with Gasteiger partial charge in [-0.25, -0.2) is 29.4 Å². The minimum absolute atomic E-state index is 0.0309. The van der Waals surface area contributed by atoms with Crippen molar-refractivity contribution in [1.82, 2.24) is 15.0 Å². The van der Waals surface area contributed by atoms with E-state index >= 15 is 0 Å². The highest BCUT2D eigenvalue weighted by molar-refractivity contribution is 7.17. The lowest BCUT2D eigenvalue weighted by atomic mass is 9.94. The Morgan fingerprint density at radius 3 is 2.50 bits per heavy atom. The van der Waals surface area contributed by atoms with Crippen molar-refractivity contribution in [2.24, 2.45) is 5.41 Å². The van der Waals surface area contributed by atoms with Gasteiger partial charge >= 0.3 is 11.9 Å². The minimum atomic E-state index is -0.933. The van der Waals surface area contributed by atoms with E-state index in [0.717, 1.165) is 15.8 Å². The van der Waals surface area contributed by atoms with Gasteiger partial charge in [0.1, 0.15) is 10.5 Å². The summed E-state index contributed by atoms with van der Waals surface area (Å²) in [5, 5.41) is 9.07. The number of thiophene rings is 1. The lowest BCUT2D eigenvalue weighted by molar-refractivity contribution is -0.262. The van der Waals surface area contributed by atoms with Crippen molar-refractivity contribution in [3.05, 3.63) is 70.9 Å². The molecule has 0 saturated carbocycles. The number of carbonyl (C=O) groups is 3. The molecule has 1 aromatic carbocycles. The Kier molecular flexibility index (Phi) is 7.09. The number of benzene rings is 1. The number of hydrogen-bond donors (Lipinski definition) is 1. The molecule has 0 aliphatic carbocycles. The number of pyridine rings is 1. The molecule has 3 aromatic rings. The predicted octanol–water partition coefficient (Wildman–Crippen LogP) is 4.46. The largest absolute Gasteiger partial charge is 0.386 e. The highest BCUT2D eigenvalue weighted by Gasteiger charge is 2.43. The normalized spacial score (nSPS) is 16.9. The summed E-state index contributed by atoms with van der Waals surface area (Å²) in [4.78, 5) is 54.5. The SMILES string of the molecule is CCN1C(=O)C(Nc2csc3ncccc23)=C(C(=O)OOC(=O)C(C)(C)C)C(c2ccccc2)N1C. The summed E-state index contributed by atoms with van der Waals surface area (Å²) in [7, 11) is 1.73. The summed E-state index contributed by atoms with van der Waals surface area (Å²) in [6.45, 7) is 7.17. The molecule has 36 heavy (non-hydrogen) atoms. The summed E-state index contributed by atoms with van der Waals surface area (Å²) >= 11 is 1.42. The number of rotatable bonds is 5. The molecule has 0 saturated heterocycles. The Hall–Kier alpha value is -3.76. The van der Waals surface area contributed by atoms with Gasteiger partial charge in [-0.05, 0) is 45.4 Å². The first-order valence-electron chi connectivity index (χ1n) is 11.5. The van der Waals surface area contributed by atoms with E-state index in [-0.39, 0.29) is 11.3 Å². The first-order valence-corrected chi connectivity index (χ1v) is 12.4. The van der Waals surface area contributed by atoms with Crippen LogP contribution in [0, 0.1) is 5.41 Å². The Labute approximate surface area is 213 Å². The molecule has 1 unspecified atom stereocenters. The topological polar surface area (TPSA) is 101 Å². The number of anilines is 1. The van der Waals surface area contributed by atoms with Crippen LogP contribution in [0.15, 0.2) is 65.3 Å². The molecule has 10 heteroatoms.